The summed E-state index contributed by atoms with van der Waals surface area (Å²) in [6.45, 7) is 5.23. The first-order valence-corrected chi connectivity index (χ1v) is 12.5. The first kappa shape index (κ1) is 23.3. The average molecular weight is 470 g/mol. The molecule has 0 aliphatic carbocycles. The quantitative estimate of drug-likeness (QED) is 0.359. The predicted octanol–water partition coefficient (Wildman–Crippen LogP) is 6.03. The monoisotopic (exact) mass is 469 g/mol. The number of nitrogens with zero attached hydrogens (tertiary/aromatic N) is 2. The third kappa shape index (κ3) is 5.30. The number of amides is 1. The molecule has 0 unspecified atom stereocenters. The Labute approximate surface area is 206 Å². The van der Waals surface area contributed by atoms with Crippen molar-refractivity contribution < 1.29 is 9.18 Å². The van der Waals surface area contributed by atoms with E-state index in [2.05, 4.69) is 41.1 Å². The fourth-order valence-corrected chi connectivity index (χ4v) is 5.04. The minimum Gasteiger partial charge on any atom is -0.337 e. The molecule has 1 fully saturated rings. The van der Waals surface area contributed by atoms with Crippen LogP contribution in [0, 0.1) is 11.7 Å². The Kier molecular flexibility index (Phi) is 6.96. The summed E-state index contributed by atoms with van der Waals surface area (Å²) >= 11 is 0. The number of para-hydroxylation sites is 1. The van der Waals surface area contributed by atoms with Crippen LogP contribution in [0.4, 0.5) is 4.39 Å². The molecule has 180 valence electrons. The Bertz CT molecular complexity index is 1270. The highest BCUT2D eigenvalue weighted by Gasteiger charge is 2.26. The summed E-state index contributed by atoms with van der Waals surface area (Å²) in [6.07, 6.45) is 2.00. The van der Waals surface area contributed by atoms with E-state index in [4.69, 9.17) is 0 Å². The molecule has 0 spiro atoms. The second-order valence-electron chi connectivity index (χ2n) is 9.58. The van der Waals surface area contributed by atoms with Gasteiger partial charge in [0.15, 0.2) is 0 Å². The van der Waals surface area contributed by atoms with Crippen molar-refractivity contribution in [3.05, 3.63) is 108 Å². The summed E-state index contributed by atoms with van der Waals surface area (Å²) in [4.78, 5) is 15.6. The lowest BCUT2D eigenvalue weighted by Crippen LogP contribution is -2.41. The molecule has 1 amide bonds. The topological polar surface area (TPSA) is 37.3 Å². The van der Waals surface area contributed by atoms with Gasteiger partial charge in [-0.25, -0.2) is 4.39 Å². The number of rotatable bonds is 7. The first-order chi connectivity index (χ1) is 17.1. The summed E-state index contributed by atoms with van der Waals surface area (Å²) in [7, 11) is 0. The van der Waals surface area contributed by atoms with Crippen molar-refractivity contribution in [1.29, 1.82) is 0 Å². The molecule has 4 aromatic rings. The van der Waals surface area contributed by atoms with Crippen molar-refractivity contribution in [2.75, 3.05) is 19.6 Å². The van der Waals surface area contributed by atoms with E-state index in [1.165, 1.54) is 17.7 Å². The minimum atomic E-state index is -0.252. The molecule has 1 aliphatic rings. The van der Waals surface area contributed by atoms with Crippen LogP contribution in [0.1, 0.15) is 47.4 Å². The van der Waals surface area contributed by atoms with E-state index in [0.717, 1.165) is 48.9 Å². The van der Waals surface area contributed by atoms with Crippen molar-refractivity contribution in [2.24, 2.45) is 5.92 Å². The standard InChI is InChI=1S/C30H32FN3O/c1-22(25-7-3-2-4-8-25)32-20-23-15-17-33(18-16-23)30(35)29-19-26-9-5-6-10-28(26)34(29)21-24-11-13-27(31)14-12-24/h2-14,19,22-23,32H,15-18,20-21H2,1H3/t22-/m1/s1. The van der Waals surface area contributed by atoms with Gasteiger partial charge in [-0.3, -0.25) is 4.79 Å². The van der Waals surface area contributed by atoms with Crippen molar-refractivity contribution >= 4 is 16.8 Å². The summed E-state index contributed by atoms with van der Waals surface area (Å²) in [5, 5.41) is 4.72. The zero-order valence-corrected chi connectivity index (χ0v) is 20.2. The Morgan fingerprint density at radius 2 is 1.66 bits per heavy atom. The molecule has 0 saturated carbocycles. The molecule has 5 heteroatoms. The third-order valence-corrected chi connectivity index (χ3v) is 7.20. The molecule has 1 aromatic heterocycles. The highest BCUT2D eigenvalue weighted by Crippen LogP contribution is 2.25. The Morgan fingerprint density at radius 1 is 0.971 bits per heavy atom. The molecule has 2 heterocycles. The Hall–Kier alpha value is -3.44. The zero-order chi connectivity index (χ0) is 24.2. The van der Waals surface area contributed by atoms with Crippen molar-refractivity contribution in [1.82, 2.24) is 14.8 Å². The maximum absolute atomic E-state index is 13.6. The highest BCUT2D eigenvalue weighted by molar-refractivity contribution is 5.99. The molecule has 1 atom stereocenters. The lowest BCUT2D eigenvalue weighted by molar-refractivity contribution is 0.0679. The summed E-state index contributed by atoms with van der Waals surface area (Å²) < 4.78 is 15.5. The molecule has 1 N–H and O–H groups in total. The lowest BCUT2D eigenvalue weighted by atomic mass is 9.96. The number of carbonyl (C=O) groups is 1. The van der Waals surface area contributed by atoms with E-state index in [0.29, 0.717) is 24.2 Å². The second kappa shape index (κ2) is 10.4. The molecule has 1 saturated heterocycles. The van der Waals surface area contributed by atoms with Gasteiger partial charge < -0.3 is 14.8 Å². The molecule has 1 aliphatic heterocycles. The molecule has 35 heavy (non-hydrogen) atoms. The van der Waals surface area contributed by atoms with Gasteiger partial charge >= 0.3 is 0 Å². The fourth-order valence-electron chi connectivity index (χ4n) is 5.04. The van der Waals surface area contributed by atoms with Crippen molar-refractivity contribution in [2.45, 2.75) is 32.4 Å². The van der Waals surface area contributed by atoms with Crippen LogP contribution in [0.3, 0.4) is 0 Å². The number of nitrogens with one attached hydrogen (secondary N) is 1. The van der Waals surface area contributed by atoms with Gasteiger partial charge in [0.05, 0.1) is 0 Å². The third-order valence-electron chi connectivity index (χ3n) is 7.20. The molecular weight excluding hydrogens is 437 g/mol. The van der Waals surface area contributed by atoms with Crippen LogP contribution >= 0.6 is 0 Å². The van der Waals surface area contributed by atoms with Gasteiger partial charge in [0.1, 0.15) is 11.5 Å². The van der Waals surface area contributed by atoms with E-state index in [1.807, 2.05) is 41.3 Å². The molecule has 3 aromatic carbocycles. The highest BCUT2D eigenvalue weighted by atomic mass is 19.1. The zero-order valence-electron chi connectivity index (χ0n) is 20.2. The normalized spacial score (nSPS) is 15.4. The van der Waals surface area contributed by atoms with Gasteiger partial charge in [-0.2, -0.15) is 0 Å². The summed E-state index contributed by atoms with van der Waals surface area (Å²) in [6, 6.07) is 27.4. The largest absolute Gasteiger partial charge is 0.337 e. The van der Waals surface area contributed by atoms with Crippen LogP contribution in [-0.2, 0) is 6.54 Å². The first-order valence-electron chi connectivity index (χ1n) is 12.5. The number of carbonyl (C=O) groups excluding carboxylic acids is 1. The number of halogens is 1. The fraction of sp³-hybridized carbons (Fsp3) is 0.300. The summed E-state index contributed by atoms with van der Waals surface area (Å²) in [5.74, 6) is 0.389. The minimum absolute atomic E-state index is 0.0763. The van der Waals surface area contributed by atoms with E-state index >= 15 is 0 Å². The lowest BCUT2D eigenvalue weighted by Gasteiger charge is -2.33. The number of benzene rings is 3. The van der Waals surface area contributed by atoms with Crippen LogP contribution in [0.5, 0.6) is 0 Å². The van der Waals surface area contributed by atoms with Crippen LogP contribution in [0.15, 0.2) is 84.9 Å². The Morgan fingerprint density at radius 3 is 2.40 bits per heavy atom. The maximum atomic E-state index is 13.6. The number of fused-ring (bicyclic) bond motifs is 1. The van der Waals surface area contributed by atoms with Gasteiger partial charge in [0, 0.05) is 36.6 Å². The predicted molar refractivity (Wildman–Crippen MR) is 139 cm³/mol. The van der Waals surface area contributed by atoms with E-state index in [9.17, 15) is 9.18 Å². The van der Waals surface area contributed by atoms with Crippen molar-refractivity contribution in [3.8, 4) is 0 Å². The van der Waals surface area contributed by atoms with Crippen LogP contribution in [0.25, 0.3) is 10.9 Å². The Balaban J connectivity index is 1.25. The van der Waals surface area contributed by atoms with Crippen LogP contribution in [0.2, 0.25) is 0 Å². The van der Waals surface area contributed by atoms with Crippen LogP contribution < -0.4 is 5.32 Å². The van der Waals surface area contributed by atoms with Gasteiger partial charge in [0.2, 0.25) is 0 Å². The SMILES string of the molecule is C[C@@H](NCC1CCN(C(=O)c2cc3ccccc3n2Cc2ccc(F)cc2)CC1)c1ccccc1. The van der Waals surface area contributed by atoms with E-state index < -0.39 is 0 Å². The summed E-state index contributed by atoms with van der Waals surface area (Å²) in [5.41, 5.74) is 3.99. The maximum Gasteiger partial charge on any atom is 0.270 e. The number of piperidine rings is 1. The molecule has 0 radical (unpaired) electrons. The molecule has 5 rings (SSSR count). The number of hydrogen-bond donors (Lipinski definition) is 1. The molecule has 4 nitrogen and oxygen atoms in total. The van der Waals surface area contributed by atoms with Gasteiger partial charge in [-0.05, 0) is 67.6 Å². The van der Waals surface area contributed by atoms with Crippen LogP contribution in [-0.4, -0.2) is 35.0 Å². The molecule has 0 bridgehead atoms. The molecular formula is C30H32FN3O. The smallest absolute Gasteiger partial charge is 0.270 e. The van der Waals surface area contributed by atoms with Gasteiger partial charge in [-0.1, -0.05) is 60.7 Å². The van der Waals surface area contributed by atoms with Gasteiger partial charge in [0.25, 0.3) is 5.91 Å². The van der Waals surface area contributed by atoms with Crippen molar-refractivity contribution in [3.63, 3.8) is 0 Å². The number of likely N-dealkylation sites (tertiary alicyclic amines) is 1. The number of hydrogen-bond acceptors (Lipinski definition) is 2. The van der Waals surface area contributed by atoms with E-state index in [1.54, 1.807) is 12.1 Å². The number of aromatic nitrogens is 1. The average Bonchev–Trinajstić information content (AvgIpc) is 3.27. The van der Waals surface area contributed by atoms with Gasteiger partial charge in [-0.15, -0.1) is 0 Å². The van der Waals surface area contributed by atoms with E-state index in [-0.39, 0.29) is 11.7 Å². The second-order valence-corrected chi connectivity index (χ2v) is 9.58.